The third kappa shape index (κ3) is 3.88. The van der Waals surface area contributed by atoms with Crippen LogP contribution < -0.4 is 11.1 Å². The average molecular weight is 512 g/mol. The number of rotatable bonds is 5. The number of halogens is 1. The summed E-state index contributed by atoms with van der Waals surface area (Å²) in [6.07, 6.45) is 4.26. The number of nitriles is 1. The fourth-order valence-corrected chi connectivity index (χ4v) is 5.60. The first kappa shape index (κ1) is 23.5. The Labute approximate surface area is 216 Å². The van der Waals surface area contributed by atoms with E-state index in [9.17, 15) is 9.59 Å². The maximum atomic E-state index is 15.5. The third-order valence-electron chi connectivity index (χ3n) is 7.22. The van der Waals surface area contributed by atoms with Gasteiger partial charge in [-0.05, 0) is 49.1 Å². The minimum Gasteiger partial charge on any atom is -0.383 e. The van der Waals surface area contributed by atoms with Crippen molar-refractivity contribution in [2.45, 2.75) is 31.3 Å². The van der Waals surface area contributed by atoms with Crippen molar-refractivity contribution < 1.29 is 14.0 Å². The second kappa shape index (κ2) is 9.19. The zero-order chi connectivity index (χ0) is 26.4. The molecule has 1 saturated heterocycles. The first-order valence-electron chi connectivity index (χ1n) is 12.1. The SMILES string of the molecule is N#CCC(=O)N1C[C@H]2CC(n3nc(-c4ccc(C(=O)Nc5ccccn5)cc4F)c4c(N)ncnc43)[C@H]1C2. The van der Waals surface area contributed by atoms with E-state index in [0.29, 0.717) is 23.4 Å². The van der Waals surface area contributed by atoms with Gasteiger partial charge in [0, 0.05) is 23.9 Å². The van der Waals surface area contributed by atoms with Gasteiger partial charge < -0.3 is 16.0 Å². The summed E-state index contributed by atoms with van der Waals surface area (Å²) in [5.41, 5.74) is 7.17. The summed E-state index contributed by atoms with van der Waals surface area (Å²) < 4.78 is 17.2. The van der Waals surface area contributed by atoms with E-state index in [2.05, 4.69) is 20.3 Å². The van der Waals surface area contributed by atoms with Gasteiger partial charge in [0.2, 0.25) is 5.91 Å². The molecule has 1 aromatic carbocycles. The van der Waals surface area contributed by atoms with Crippen molar-refractivity contribution in [2.24, 2.45) is 5.92 Å². The zero-order valence-corrected chi connectivity index (χ0v) is 20.1. The van der Waals surface area contributed by atoms with Gasteiger partial charge in [-0.2, -0.15) is 10.4 Å². The number of fused-ring (bicyclic) bond motifs is 3. The van der Waals surface area contributed by atoms with Gasteiger partial charge >= 0.3 is 0 Å². The predicted molar refractivity (Wildman–Crippen MR) is 135 cm³/mol. The number of likely N-dealkylation sites (tertiary alicyclic amines) is 1. The Morgan fingerprint density at radius 2 is 2.00 bits per heavy atom. The molecule has 3 N–H and O–H groups in total. The summed E-state index contributed by atoms with van der Waals surface area (Å²) >= 11 is 0. The topological polar surface area (TPSA) is 156 Å². The van der Waals surface area contributed by atoms with Gasteiger partial charge in [0.05, 0.1) is 23.5 Å². The molecule has 1 aliphatic carbocycles. The third-order valence-corrected chi connectivity index (χ3v) is 7.22. The van der Waals surface area contributed by atoms with E-state index >= 15 is 4.39 Å². The fourth-order valence-electron chi connectivity index (χ4n) is 5.60. The number of nitrogens with two attached hydrogens (primary N) is 1. The smallest absolute Gasteiger partial charge is 0.256 e. The van der Waals surface area contributed by atoms with Gasteiger partial charge in [0.25, 0.3) is 5.91 Å². The first-order chi connectivity index (χ1) is 18.4. The van der Waals surface area contributed by atoms with Crippen molar-refractivity contribution in [3.8, 4) is 17.3 Å². The van der Waals surface area contributed by atoms with Crippen LogP contribution in [0.25, 0.3) is 22.3 Å². The molecular weight excluding hydrogens is 489 g/mol. The Balaban J connectivity index is 1.37. The maximum Gasteiger partial charge on any atom is 0.256 e. The maximum absolute atomic E-state index is 15.5. The van der Waals surface area contributed by atoms with Gasteiger partial charge in [-0.15, -0.1) is 0 Å². The Hall–Kier alpha value is -4.92. The molecule has 1 aliphatic heterocycles. The largest absolute Gasteiger partial charge is 0.383 e. The number of carbonyl (C=O) groups excluding carboxylic acids is 2. The molecular formula is C26H22FN9O2. The summed E-state index contributed by atoms with van der Waals surface area (Å²) in [6.45, 7) is 0.613. The fraction of sp³-hybridized carbons (Fsp3) is 0.269. The molecule has 2 aliphatic rings. The molecule has 1 unspecified atom stereocenters. The molecule has 0 radical (unpaired) electrons. The van der Waals surface area contributed by atoms with Crippen LogP contribution >= 0.6 is 0 Å². The molecule has 6 rings (SSSR count). The van der Waals surface area contributed by atoms with Crippen molar-refractivity contribution in [3.05, 3.63) is 60.3 Å². The number of hydrogen-bond donors (Lipinski definition) is 2. The molecule has 1 saturated carbocycles. The van der Waals surface area contributed by atoms with Crippen molar-refractivity contribution in [3.63, 3.8) is 0 Å². The van der Waals surface area contributed by atoms with Crippen LogP contribution in [-0.2, 0) is 4.79 Å². The summed E-state index contributed by atoms with van der Waals surface area (Å²) in [7, 11) is 0. The van der Waals surface area contributed by atoms with Crippen molar-refractivity contribution in [2.75, 3.05) is 17.6 Å². The van der Waals surface area contributed by atoms with Crippen LogP contribution in [-0.4, -0.2) is 54.0 Å². The lowest BCUT2D eigenvalue weighted by atomic mass is 10.0. The summed E-state index contributed by atoms with van der Waals surface area (Å²) in [5.74, 6) is -0.592. The monoisotopic (exact) mass is 511 g/mol. The number of nitrogen functional groups attached to an aromatic ring is 1. The molecule has 2 fully saturated rings. The molecule has 3 aromatic heterocycles. The lowest BCUT2D eigenvalue weighted by Gasteiger charge is -2.33. The lowest BCUT2D eigenvalue weighted by Crippen LogP contribution is -2.43. The highest BCUT2D eigenvalue weighted by Gasteiger charge is 2.48. The average Bonchev–Trinajstić information content (AvgIpc) is 3.63. The number of hydrogen-bond acceptors (Lipinski definition) is 8. The van der Waals surface area contributed by atoms with E-state index in [4.69, 9.17) is 16.1 Å². The molecule has 190 valence electrons. The Bertz CT molecular complexity index is 1610. The van der Waals surface area contributed by atoms with Crippen molar-refractivity contribution in [1.82, 2.24) is 29.6 Å². The molecule has 2 bridgehead atoms. The van der Waals surface area contributed by atoms with Crippen LogP contribution in [0.5, 0.6) is 0 Å². The number of aromatic nitrogens is 5. The number of anilines is 2. The molecule has 4 aromatic rings. The number of carbonyl (C=O) groups is 2. The van der Waals surface area contributed by atoms with Gasteiger partial charge in [-0.1, -0.05) is 6.07 Å². The highest BCUT2D eigenvalue weighted by atomic mass is 19.1. The van der Waals surface area contributed by atoms with E-state index < -0.39 is 11.7 Å². The molecule has 4 heterocycles. The van der Waals surface area contributed by atoms with Crippen LogP contribution in [0.4, 0.5) is 16.0 Å². The van der Waals surface area contributed by atoms with Crippen LogP contribution in [0.3, 0.4) is 0 Å². The summed E-state index contributed by atoms with van der Waals surface area (Å²) in [4.78, 5) is 39.5. The molecule has 38 heavy (non-hydrogen) atoms. The van der Waals surface area contributed by atoms with E-state index in [1.54, 1.807) is 34.0 Å². The van der Waals surface area contributed by atoms with Crippen LogP contribution in [0.2, 0.25) is 0 Å². The Morgan fingerprint density at radius 3 is 2.74 bits per heavy atom. The molecule has 3 atom stereocenters. The van der Waals surface area contributed by atoms with Crippen molar-refractivity contribution in [1.29, 1.82) is 5.26 Å². The van der Waals surface area contributed by atoms with Gasteiger partial charge in [0.1, 0.15) is 35.9 Å². The van der Waals surface area contributed by atoms with Crippen molar-refractivity contribution >= 4 is 34.5 Å². The predicted octanol–water partition coefficient (Wildman–Crippen LogP) is 2.94. The lowest BCUT2D eigenvalue weighted by molar-refractivity contribution is -0.132. The zero-order valence-electron chi connectivity index (χ0n) is 20.1. The number of nitrogens with zero attached hydrogens (tertiary/aromatic N) is 7. The van der Waals surface area contributed by atoms with Crippen LogP contribution in [0.1, 0.15) is 35.7 Å². The molecule has 11 nitrogen and oxygen atoms in total. The van der Waals surface area contributed by atoms with E-state index in [1.807, 2.05) is 6.07 Å². The molecule has 12 heteroatoms. The normalized spacial score (nSPS) is 20.0. The number of amides is 2. The highest BCUT2D eigenvalue weighted by molar-refractivity contribution is 6.04. The molecule has 0 spiro atoms. The Morgan fingerprint density at radius 1 is 1.16 bits per heavy atom. The number of nitrogens with one attached hydrogen (secondary N) is 1. The number of pyridine rings is 1. The quantitative estimate of drug-likeness (QED) is 0.414. The van der Waals surface area contributed by atoms with E-state index in [1.165, 1.54) is 18.5 Å². The van der Waals surface area contributed by atoms with E-state index in [0.717, 1.165) is 18.9 Å². The van der Waals surface area contributed by atoms with Crippen LogP contribution in [0, 0.1) is 23.1 Å². The minimum absolute atomic E-state index is 0.115. The standard InChI is InChI=1S/C26H22FN9O2/c27-17-11-15(26(38)33-20-3-1-2-8-30-20)4-5-16(17)23-22-24(29)31-13-32-25(22)36(34-23)19-10-14-9-18(19)35(12-14)21(37)6-7-28/h1-5,8,11,13-14,18-19H,6,9-10,12H2,(H2,29,31,32)(H,30,33,38)/t14-,18-,19?/m1/s1. The minimum atomic E-state index is -0.660. The second-order valence-electron chi connectivity index (χ2n) is 9.47. The second-order valence-corrected chi connectivity index (χ2v) is 9.47. The summed E-state index contributed by atoms with van der Waals surface area (Å²) in [5, 5.41) is 16.8. The molecule has 2 amide bonds. The van der Waals surface area contributed by atoms with Gasteiger partial charge in [0.15, 0.2) is 5.65 Å². The Kier molecular flexibility index (Phi) is 5.68. The highest BCUT2D eigenvalue weighted by Crippen LogP contribution is 2.46. The number of benzene rings is 1. The summed E-state index contributed by atoms with van der Waals surface area (Å²) in [6, 6.07) is 10.8. The number of piperidine rings is 1. The van der Waals surface area contributed by atoms with E-state index in [-0.39, 0.29) is 53.0 Å². The van der Waals surface area contributed by atoms with Gasteiger partial charge in [-0.3, -0.25) is 9.59 Å². The van der Waals surface area contributed by atoms with Crippen LogP contribution in [0.15, 0.2) is 48.9 Å². The van der Waals surface area contributed by atoms with Gasteiger partial charge in [-0.25, -0.2) is 24.0 Å². The first-order valence-corrected chi connectivity index (χ1v) is 12.1.